The maximum absolute atomic E-state index is 13.5. The monoisotopic (exact) mass is 409 g/mol. The number of ether oxygens (including phenoxy) is 2. The number of methoxy groups -OCH3 is 1. The van der Waals surface area contributed by atoms with Crippen molar-refractivity contribution >= 4 is 22.4 Å². The predicted molar refractivity (Wildman–Crippen MR) is 121 cm³/mol. The van der Waals surface area contributed by atoms with Crippen molar-refractivity contribution in [3.8, 4) is 17.6 Å². The van der Waals surface area contributed by atoms with Gasteiger partial charge in [0.1, 0.15) is 12.4 Å². The Morgan fingerprint density at radius 1 is 0.903 bits per heavy atom. The van der Waals surface area contributed by atoms with Gasteiger partial charge < -0.3 is 9.47 Å². The van der Waals surface area contributed by atoms with Gasteiger partial charge in [-0.1, -0.05) is 54.6 Å². The van der Waals surface area contributed by atoms with Crippen molar-refractivity contribution < 1.29 is 13.9 Å². The minimum Gasteiger partial charge on any atom is -0.493 e. The van der Waals surface area contributed by atoms with E-state index in [9.17, 15) is 9.65 Å². The largest absolute Gasteiger partial charge is 0.493 e. The zero-order valence-corrected chi connectivity index (χ0v) is 17.0. The fourth-order valence-corrected chi connectivity index (χ4v) is 3.39. The van der Waals surface area contributed by atoms with Crippen LogP contribution in [-0.2, 0) is 6.61 Å². The molecule has 0 fully saturated rings. The number of hydrogen-bond donors (Lipinski definition) is 0. The first-order valence-corrected chi connectivity index (χ1v) is 9.82. The lowest BCUT2D eigenvalue weighted by Gasteiger charge is -2.12. The highest BCUT2D eigenvalue weighted by atomic mass is 19.1. The summed E-state index contributed by atoms with van der Waals surface area (Å²) in [5.74, 6) is 0.789. The molecular formula is C27H20FNO2. The van der Waals surface area contributed by atoms with Crippen LogP contribution in [0.25, 0.3) is 22.4 Å². The highest BCUT2D eigenvalue weighted by Crippen LogP contribution is 2.31. The molecule has 0 aliphatic rings. The molecule has 0 unspecified atom stereocenters. The van der Waals surface area contributed by atoms with Crippen LogP contribution >= 0.6 is 0 Å². The molecule has 31 heavy (non-hydrogen) atoms. The molecule has 0 atom stereocenters. The Bertz CT molecular complexity index is 1300. The van der Waals surface area contributed by atoms with E-state index in [4.69, 9.17) is 9.47 Å². The number of hydrogen-bond acceptors (Lipinski definition) is 3. The van der Waals surface area contributed by atoms with Gasteiger partial charge >= 0.3 is 0 Å². The molecule has 0 N–H and O–H groups in total. The van der Waals surface area contributed by atoms with Crippen LogP contribution in [0.15, 0.2) is 84.9 Å². The molecule has 0 saturated heterocycles. The molecular weight excluding hydrogens is 389 g/mol. The average molecular weight is 409 g/mol. The Morgan fingerprint density at radius 2 is 1.74 bits per heavy atom. The smallest absolute Gasteiger partial charge is 0.161 e. The van der Waals surface area contributed by atoms with E-state index in [0.717, 1.165) is 16.5 Å². The second-order valence-electron chi connectivity index (χ2n) is 7.06. The molecule has 0 heterocycles. The maximum Gasteiger partial charge on any atom is 0.161 e. The Hall–Kier alpha value is -4.10. The maximum atomic E-state index is 13.5. The quantitative estimate of drug-likeness (QED) is 0.265. The van der Waals surface area contributed by atoms with Gasteiger partial charge in [0.25, 0.3) is 0 Å². The van der Waals surface area contributed by atoms with Crippen molar-refractivity contribution in [2.45, 2.75) is 6.61 Å². The summed E-state index contributed by atoms with van der Waals surface area (Å²) >= 11 is 0. The molecule has 0 spiro atoms. The number of allylic oxidation sites excluding steroid dienone is 1. The highest BCUT2D eigenvalue weighted by molar-refractivity contribution is 5.89. The normalized spacial score (nSPS) is 11.2. The average Bonchev–Trinajstić information content (AvgIpc) is 2.81. The van der Waals surface area contributed by atoms with E-state index in [1.165, 1.54) is 17.5 Å². The molecule has 152 valence electrons. The lowest BCUT2D eigenvalue weighted by molar-refractivity contribution is 0.284. The van der Waals surface area contributed by atoms with E-state index in [-0.39, 0.29) is 5.82 Å². The molecule has 0 aromatic heterocycles. The zero-order valence-electron chi connectivity index (χ0n) is 17.0. The van der Waals surface area contributed by atoms with Gasteiger partial charge in [0.15, 0.2) is 11.5 Å². The van der Waals surface area contributed by atoms with Crippen LogP contribution in [0.2, 0.25) is 0 Å². The zero-order chi connectivity index (χ0) is 21.6. The number of nitrogens with zero attached hydrogens (tertiary/aromatic N) is 1. The Morgan fingerprint density at radius 3 is 2.52 bits per heavy atom. The lowest BCUT2D eigenvalue weighted by atomic mass is 10.0. The second-order valence-corrected chi connectivity index (χ2v) is 7.06. The van der Waals surface area contributed by atoms with Gasteiger partial charge in [-0.3, -0.25) is 0 Å². The molecule has 3 nitrogen and oxygen atoms in total. The number of nitriles is 1. The first kappa shape index (κ1) is 20.2. The fourth-order valence-electron chi connectivity index (χ4n) is 3.39. The SMILES string of the molecule is COc1cc(/C=C(/C#N)c2cccc(F)c2)ccc1OCc1ccc2ccccc2c1. The van der Waals surface area contributed by atoms with E-state index in [1.54, 1.807) is 31.4 Å². The van der Waals surface area contributed by atoms with Crippen LogP contribution in [-0.4, -0.2) is 7.11 Å². The van der Waals surface area contributed by atoms with Gasteiger partial charge in [0.2, 0.25) is 0 Å². The molecule has 0 bridgehead atoms. The minimum atomic E-state index is -0.381. The summed E-state index contributed by atoms with van der Waals surface area (Å²) in [5.41, 5.74) is 2.71. The summed E-state index contributed by atoms with van der Waals surface area (Å²) in [6.07, 6.45) is 1.70. The van der Waals surface area contributed by atoms with E-state index in [0.29, 0.717) is 29.2 Å². The molecule has 4 heteroatoms. The molecule has 0 aliphatic heterocycles. The van der Waals surface area contributed by atoms with E-state index >= 15 is 0 Å². The van der Waals surface area contributed by atoms with Crippen LogP contribution in [0, 0.1) is 17.1 Å². The van der Waals surface area contributed by atoms with Crippen molar-refractivity contribution in [3.63, 3.8) is 0 Å². The lowest BCUT2D eigenvalue weighted by Crippen LogP contribution is -1.98. The van der Waals surface area contributed by atoms with Gasteiger partial charge in [-0.2, -0.15) is 5.26 Å². The Balaban J connectivity index is 1.55. The van der Waals surface area contributed by atoms with Gasteiger partial charge in [-0.25, -0.2) is 4.39 Å². The van der Waals surface area contributed by atoms with Crippen LogP contribution < -0.4 is 9.47 Å². The molecule has 4 aromatic carbocycles. The van der Waals surface area contributed by atoms with Crippen LogP contribution in [0.3, 0.4) is 0 Å². The molecule has 0 amide bonds. The summed E-state index contributed by atoms with van der Waals surface area (Å²) in [7, 11) is 1.57. The fraction of sp³-hybridized carbons (Fsp3) is 0.0741. The summed E-state index contributed by atoms with van der Waals surface area (Å²) < 4.78 is 25.0. The third-order valence-corrected chi connectivity index (χ3v) is 4.96. The summed E-state index contributed by atoms with van der Waals surface area (Å²) in [5, 5.41) is 11.9. The predicted octanol–water partition coefficient (Wildman–Crippen LogP) is 6.63. The van der Waals surface area contributed by atoms with E-state index in [1.807, 2.05) is 30.3 Å². The molecule has 0 aliphatic carbocycles. The number of halogens is 1. The third-order valence-electron chi connectivity index (χ3n) is 4.96. The summed E-state index contributed by atoms with van der Waals surface area (Å²) in [6.45, 7) is 0.406. The standard InChI is InChI=1S/C27H20FNO2/c1-30-27-15-19(13-24(17-29)23-7-4-8-25(28)16-23)10-12-26(27)31-18-20-9-11-21-5-2-3-6-22(21)14-20/h2-16H,18H2,1H3/b24-13-. The molecule has 0 saturated carbocycles. The van der Waals surface area contributed by atoms with Crippen molar-refractivity contribution in [3.05, 3.63) is 107 Å². The van der Waals surface area contributed by atoms with Gasteiger partial charge in [-0.05, 0) is 63.9 Å². The first-order chi connectivity index (χ1) is 15.2. The summed E-state index contributed by atoms with van der Waals surface area (Å²) in [6, 6.07) is 28.0. The first-order valence-electron chi connectivity index (χ1n) is 9.82. The topological polar surface area (TPSA) is 42.2 Å². The van der Waals surface area contributed by atoms with Crippen LogP contribution in [0.5, 0.6) is 11.5 Å². The summed E-state index contributed by atoms with van der Waals surface area (Å²) in [4.78, 5) is 0. The number of fused-ring (bicyclic) bond motifs is 1. The molecule has 4 rings (SSSR count). The minimum absolute atomic E-state index is 0.367. The van der Waals surface area contributed by atoms with Gasteiger partial charge in [0.05, 0.1) is 18.8 Å². The second kappa shape index (κ2) is 9.15. The Kier molecular flexibility index (Phi) is 5.96. The van der Waals surface area contributed by atoms with E-state index < -0.39 is 0 Å². The van der Waals surface area contributed by atoms with Crippen molar-refractivity contribution in [2.24, 2.45) is 0 Å². The van der Waals surface area contributed by atoms with Crippen LogP contribution in [0.1, 0.15) is 16.7 Å². The molecule has 4 aromatic rings. The van der Waals surface area contributed by atoms with Crippen molar-refractivity contribution in [1.82, 2.24) is 0 Å². The van der Waals surface area contributed by atoms with Crippen molar-refractivity contribution in [1.29, 1.82) is 5.26 Å². The van der Waals surface area contributed by atoms with Crippen LogP contribution in [0.4, 0.5) is 4.39 Å². The number of benzene rings is 4. The third kappa shape index (κ3) is 4.73. The Labute approximate surface area is 180 Å². The van der Waals surface area contributed by atoms with Gasteiger partial charge in [0, 0.05) is 0 Å². The van der Waals surface area contributed by atoms with Crippen molar-refractivity contribution in [2.75, 3.05) is 7.11 Å². The van der Waals surface area contributed by atoms with E-state index in [2.05, 4.69) is 30.3 Å². The van der Waals surface area contributed by atoms with Gasteiger partial charge in [-0.15, -0.1) is 0 Å². The number of rotatable bonds is 6. The highest BCUT2D eigenvalue weighted by Gasteiger charge is 2.08. The molecule has 0 radical (unpaired) electrons.